The lowest BCUT2D eigenvalue weighted by atomic mass is 9.99. The van der Waals surface area contributed by atoms with Gasteiger partial charge in [-0.2, -0.15) is 0 Å². The fraction of sp³-hybridized carbons (Fsp3) is 0.818. The molecule has 1 heterocycles. The third-order valence-electron chi connectivity index (χ3n) is 2.63. The molecule has 0 aliphatic carbocycles. The van der Waals surface area contributed by atoms with Crippen molar-refractivity contribution in [3.8, 4) is 11.8 Å². The van der Waals surface area contributed by atoms with Crippen LogP contribution in [-0.2, 0) is 4.74 Å². The average molecular weight is 196 g/mol. The molecular weight excluding hydrogens is 176 g/mol. The normalized spacial score (nSPS) is 23.7. The highest BCUT2D eigenvalue weighted by molar-refractivity contribution is 4.96. The Morgan fingerprint density at radius 1 is 1.57 bits per heavy atom. The SMILES string of the molecule is CC#CCCC(NN)C1CCCCO1. The summed E-state index contributed by atoms with van der Waals surface area (Å²) in [7, 11) is 0. The van der Waals surface area contributed by atoms with Gasteiger partial charge in [-0.25, -0.2) is 0 Å². The monoisotopic (exact) mass is 196 g/mol. The van der Waals surface area contributed by atoms with Crippen LogP contribution in [0.25, 0.3) is 0 Å². The summed E-state index contributed by atoms with van der Waals surface area (Å²) in [6, 6.07) is 0.260. The van der Waals surface area contributed by atoms with Crippen molar-refractivity contribution >= 4 is 0 Å². The predicted octanol–water partition coefficient (Wildman–Crippen LogP) is 1.19. The van der Waals surface area contributed by atoms with E-state index in [4.69, 9.17) is 10.6 Å². The second-order valence-electron chi connectivity index (χ2n) is 3.64. The largest absolute Gasteiger partial charge is 0.377 e. The number of ether oxygens (including phenoxy) is 1. The lowest BCUT2D eigenvalue weighted by Crippen LogP contribution is -2.46. The van der Waals surface area contributed by atoms with E-state index in [-0.39, 0.29) is 12.1 Å². The molecule has 1 aliphatic heterocycles. The van der Waals surface area contributed by atoms with Gasteiger partial charge in [0.05, 0.1) is 6.10 Å². The molecule has 2 unspecified atom stereocenters. The van der Waals surface area contributed by atoms with Gasteiger partial charge in [-0.1, -0.05) is 0 Å². The molecule has 0 saturated carbocycles. The smallest absolute Gasteiger partial charge is 0.0741 e. The van der Waals surface area contributed by atoms with Crippen LogP contribution in [-0.4, -0.2) is 18.8 Å². The van der Waals surface area contributed by atoms with E-state index < -0.39 is 0 Å². The van der Waals surface area contributed by atoms with Crippen LogP contribution in [0.1, 0.15) is 39.0 Å². The minimum absolute atomic E-state index is 0.260. The molecule has 0 aromatic carbocycles. The van der Waals surface area contributed by atoms with Crippen molar-refractivity contribution in [2.24, 2.45) is 5.84 Å². The van der Waals surface area contributed by atoms with Crippen molar-refractivity contribution in [1.29, 1.82) is 0 Å². The molecule has 0 aromatic heterocycles. The van der Waals surface area contributed by atoms with Crippen LogP contribution in [0, 0.1) is 11.8 Å². The summed E-state index contributed by atoms with van der Waals surface area (Å²) in [5, 5.41) is 0. The Morgan fingerprint density at radius 3 is 3.00 bits per heavy atom. The van der Waals surface area contributed by atoms with Gasteiger partial charge in [0.25, 0.3) is 0 Å². The van der Waals surface area contributed by atoms with Gasteiger partial charge in [-0.15, -0.1) is 11.8 Å². The molecule has 0 amide bonds. The zero-order valence-corrected chi connectivity index (χ0v) is 8.88. The number of rotatable bonds is 4. The molecule has 3 N–H and O–H groups in total. The topological polar surface area (TPSA) is 47.3 Å². The summed E-state index contributed by atoms with van der Waals surface area (Å²) in [4.78, 5) is 0. The maximum absolute atomic E-state index is 5.67. The predicted molar refractivity (Wildman–Crippen MR) is 57.4 cm³/mol. The lowest BCUT2D eigenvalue weighted by Gasteiger charge is -2.29. The maximum atomic E-state index is 5.67. The van der Waals surface area contributed by atoms with Crippen molar-refractivity contribution in [3.63, 3.8) is 0 Å². The Hall–Kier alpha value is -0.560. The summed E-state index contributed by atoms with van der Waals surface area (Å²) in [5.74, 6) is 11.4. The molecule has 80 valence electrons. The second-order valence-corrected chi connectivity index (χ2v) is 3.64. The number of nitrogens with two attached hydrogens (primary N) is 1. The summed E-state index contributed by atoms with van der Waals surface area (Å²) in [6.07, 6.45) is 5.71. The van der Waals surface area contributed by atoms with E-state index in [2.05, 4.69) is 17.3 Å². The third-order valence-corrected chi connectivity index (χ3v) is 2.63. The molecular formula is C11H20N2O. The van der Waals surface area contributed by atoms with Crippen molar-refractivity contribution in [2.75, 3.05) is 6.61 Å². The first-order chi connectivity index (χ1) is 6.88. The molecule has 0 bridgehead atoms. The highest BCUT2D eigenvalue weighted by Gasteiger charge is 2.22. The van der Waals surface area contributed by atoms with Gasteiger partial charge in [0.2, 0.25) is 0 Å². The van der Waals surface area contributed by atoms with Gasteiger partial charge in [0, 0.05) is 19.1 Å². The molecule has 3 nitrogen and oxygen atoms in total. The van der Waals surface area contributed by atoms with E-state index in [1.807, 2.05) is 6.92 Å². The van der Waals surface area contributed by atoms with Gasteiger partial charge in [0.1, 0.15) is 0 Å². The molecule has 3 heteroatoms. The number of hydrazine groups is 1. The zero-order valence-electron chi connectivity index (χ0n) is 8.88. The quantitative estimate of drug-likeness (QED) is 0.403. The van der Waals surface area contributed by atoms with E-state index in [0.717, 1.165) is 25.9 Å². The Kier molecular flexibility index (Phi) is 5.62. The van der Waals surface area contributed by atoms with E-state index in [1.54, 1.807) is 0 Å². The van der Waals surface area contributed by atoms with E-state index >= 15 is 0 Å². The first-order valence-electron chi connectivity index (χ1n) is 5.36. The van der Waals surface area contributed by atoms with Crippen molar-refractivity contribution < 1.29 is 4.74 Å². The minimum Gasteiger partial charge on any atom is -0.377 e. The van der Waals surface area contributed by atoms with Gasteiger partial charge >= 0.3 is 0 Å². The fourth-order valence-electron chi connectivity index (χ4n) is 1.81. The van der Waals surface area contributed by atoms with Crippen LogP contribution >= 0.6 is 0 Å². The molecule has 0 spiro atoms. The Morgan fingerprint density at radius 2 is 2.43 bits per heavy atom. The van der Waals surface area contributed by atoms with E-state index in [9.17, 15) is 0 Å². The zero-order chi connectivity index (χ0) is 10.2. The van der Waals surface area contributed by atoms with Crippen LogP contribution < -0.4 is 11.3 Å². The van der Waals surface area contributed by atoms with Gasteiger partial charge in [-0.05, 0) is 32.6 Å². The highest BCUT2D eigenvalue weighted by atomic mass is 16.5. The standard InChI is InChI=1S/C11H20N2O/c1-2-3-4-7-10(13-12)11-8-5-6-9-14-11/h10-11,13H,4-9,12H2,1H3. The molecule has 1 saturated heterocycles. The summed E-state index contributed by atoms with van der Waals surface area (Å²) in [5.41, 5.74) is 2.84. The van der Waals surface area contributed by atoms with E-state index in [1.165, 1.54) is 12.8 Å². The molecule has 0 radical (unpaired) electrons. The molecule has 1 rings (SSSR count). The van der Waals surface area contributed by atoms with Crippen LogP contribution in [0.2, 0.25) is 0 Å². The summed E-state index contributed by atoms with van der Waals surface area (Å²) >= 11 is 0. The average Bonchev–Trinajstić information content (AvgIpc) is 2.26. The Balaban J connectivity index is 2.30. The van der Waals surface area contributed by atoms with Crippen molar-refractivity contribution in [2.45, 2.75) is 51.2 Å². The summed E-state index contributed by atoms with van der Waals surface area (Å²) in [6.45, 7) is 2.74. The molecule has 14 heavy (non-hydrogen) atoms. The van der Waals surface area contributed by atoms with Crippen LogP contribution in [0.5, 0.6) is 0 Å². The summed E-state index contributed by atoms with van der Waals surface area (Å²) < 4.78 is 5.67. The van der Waals surface area contributed by atoms with Crippen molar-refractivity contribution in [1.82, 2.24) is 5.43 Å². The third kappa shape index (κ3) is 3.67. The second kappa shape index (κ2) is 6.83. The molecule has 1 fully saturated rings. The number of hydrogen-bond donors (Lipinski definition) is 2. The molecule has 1 aliphatic rings. The first kappa shape index (κ1) is 11.5. The maximum Gasteiger partial charge on any atom is 0.0741 e. The Labute approximate surface area is 86.4 Å². The van der Waals surface area contributed by atoms with E-state index in [0.29, 0.717) is 0 Å². The number of hydrogen-bond acceptors (Lipinski definition) is 3. The Bertz CT molecular complexity index is 201. The van der Waals surface area contributed by atoms with Gasteiger partial charge in [0.15, 0.2) is 0 Å². The van der Waals surface area contributed by atoms with Crippen LogP contribution in [0.15, 0.2) is 0 Å². The lowest BCUT2D eigenvalue weighted by molar-refractivity contribution is -0.00897. The minimum atomic E-state index is 0.260. The number of nitrogens with one attached hydrogen (secondary N) is 1. The molecule has 0 aromatic rings. The van der Waals surface area contributed by atoms with Gasteiger partial charge in [-0.3, -0.25) is 11.3 Å². The molecule has 2 atom stereocenters. The van der Waals surface area contributed by atoms with Crippen LogP contribution in [0.4, 0.5) is 0 Å². The van der Waals surface area contributed by atoms with Gasteiger partial charge < -0.3 is 4.74 Å². The first-order valence-corrected chi connectivity index (χ1v) is 5.36. The van der Waals surface area contributed by atoms with Crippen molar-refractivity contribution in [3.05, 3.63) is 0 Å². The fourth-order valence-corrected chi connectivity index (χ4v) is 1.81. The highest BCUT2D eigenvalue weighted by Crippen LogP contribution is 2.17. The van der Waals surface area contributed by atoms with Crippen LogP contribution in [0.3, 0.4) is 0 Å².